The van der Waals surface area contributed by atoms with Gasteiger partial charge in [-0.25, -0.2) is 0 Å². The van der Waals surface area contributed by atoms with E-state index < -0.39 is 0 Å². The number of nitrogens with one attached hydrogen (secondary N) is 1. The summed E-state index contributed by atoms with van der Waals surface area (Å²) < 4.78 is 5.32. The van der Waals surface area contributed by atoms with Gasteiger partial charge in [0.2, 0.25) is 0 Å². The molecule has 26 heavy (non-hydrogen) atoms. The van der Waals surface area contributed by atoms with Crippen LogP contribution >= 0.6 is 0 Å². The minimum Gasteiger partial charge on any atom is -0.479 e. The molecule has 6 nitrogen and oxygen atoms in total. The molecule has 1 heterocycles. The van der Waals surface area contributed by atoms with Crippen molar-refractivity contribution in [2.75, 3.05) is 11.9 Å². The van der Waals surface area contributed by atoms with Gasteiger partial charge in [-0.05, 0) is 41.7 Å². The van der Waals surface area contributed by atoms with Crippen molar-refractivity contribution in [1.29, 1.82) is 5.26 Å². The Morgan fingerprint density at radius 1 is 1.27 bits per heavy atom. The van der Waals surface area contributed by atoms with Gasteiger partial charge in [0.25, 0.3) is 5.69 Å². The van der Waals surface area contributed by atoms with E-state index in [0.717, 1.165) is 23.2 Å². The topological polar surface area (TPSA) is 88.2 Å². The molecule has 0 amide bonds. The van der Waals surface area contributed by atoms with Gasteiger partial charge in [-0.15, -0.1) is 0 Å². The van der Waals surface area contributed by atoms with E-state index in [-0.39, 0.29) is 29.2 Å². The molecule has 0 fully saturated rings. The van der Waals surface area contributed by atoms with Gasteiger partial charge in [-0.3, -0.25) is 10.1 Å². The van der Waals surface area contributed by atoms with Crippen LogP contribution < -0.4 is 10.1 Å². The Morgan fingerprint density at radius 3 is 2.81 bits per heavy atom. The molecule has 0 aromatic heterocycles. The van der Waals surface area contributed by atoms with E-state index in [2.05, 4.69) is 17.5 Å². The van der Waals surface area contributed by atoms with Gasteiger partial charge in [0.05, 0.1) is 11.0 Å². The molecule has 1 aliphatic heterocycles. The smallest absolute Gasteiger partial charge is 0.269 e. The van der Waals surface area contributed by atoms with Crippen LogP contribution in [0.15, 0.2) is 54.6 Å². The number of nitro groups is 1. The van der Waals surface area contributed by atoms with Crippen LogP contribution in [-0.4, -0.2) is 11.5 Å². The Morgan fingerprint density at radius 2 is 2.08 bits per heavy atom. The third-order valence-corrected chi connectivity index (χ3v) is 5.10. The van der Waals surface area contributed by atoms with Gasteiger partial charge < -0.3 is 10.1 Å². The molecule has 2 aromatic rings. The van der Waals surface area contributed by atoms with Crippen molar-refractivity contribution in [2.24, 2.45) is 5.92 Å². The molecule has 0 saturated heterocycles. The highest BCUT2D eigenvalue weighted by Crippen LogP contribution is 2.50. The first-order chi connectivity index (χ1) is 12.7. The second kappa shape index (κ2) is 6.52. The number of nitro benzene ring substituents is 1. The van der Waals surface area contributed by atoms with Crippen LogP contribution in [0.2, 0.25) is 0 Å². The summed E-state index contributed by atoms with van der Waals surface area (Å²) in [6, 6.07) is 14.9. The van der Waals surface area contributed by atoms with Gasteiger partial charge in [-0.1, -0.05) is 24.3 Å². The molecule has 0 saturated carbocycles. The van der Waals surface area contributed by atoms with Gasteiger partial charge in [0, 0.05) is 23.7 Å². The molecule has 4 rings (SSSR count). The number of anilines is 1. The Labute approximate surface area is 150 Å². The summed E-state index contributed by atoms with van der Waals surface area (Å²) >= 11 is 0. The summed E-state index contributed by atoms with van der Waals surface area (Å²) in [6.45, 7) is 0.0296. The van der Waals surface area contributed by atoms with Crippen molar-refractivity contribution in [3.8, 4) is 11.8 Å². The number of nitriles is 1. The molecule has 2 aliphatic rings. The summed E-state index contributed by atoms with van der Waals surface area (Å²) in [7, 11) is 0. The van der Waals surface area contributed by atoms with Gasteiger partial charge in [0.1, 0.15) is 11.8 Å². The van der Waals surface area contributed by atoms with Crippen LogP contribution in [0.1, 0.15) is 29.5 Å². The lowest BCUT2D eigenvalue weighted by atomic mass is 9.77. The van der Waals surface area contributed by atoms with E-state index in [1.807, 2.05) is 30.3 Å². The Hall–Kier alpha value is -3.33. The predicted octanol–water partition coefficient (Wildman–Crippen LogP) is 4.32. The molecular weight excluding hydrogens is 330 g/mol. The third kappa shape index (κ3) is 2.78. The summed E-state index contributed by atoms with van der Waals surface area (Å²) in [4.78, 5) is 10.8. The first kappa shape index (κ1) is 16.2. The minimum absolute atomic E-state index is 0.0296. The number of ether oxygens (including phenoxy) is 1. The zero-order chi connectivity index (χ0) is 18.1. The largest absolute Gasteiger partial charge is 0.479 e. The van der Waals surface area contributed by atoms with Crippen LogP contribution in [0.4, 0.5) is 11.4 Å². The normalized spacial score (nSPS) is 22.7. The van der Waals surface area contributed by atoms with E-state index in [4.69, 9.17) is 10.00 Å². The zero-order valence-corrected chi connectivity index (χ0v) is 14.0. The fourth-order valence-electron chi connectivity index (χ4n) is 3.91. The minimum atomic E-state index is -0.347. The molecule has 0 unspecified atom stereocenters. The molecular formula is C20H17N3O3. The predicted molar refractivity (Wildman–Crippen MR) is 97.0 cm³/mol. The Kier molecular flexibility index (Phi) is 4.05. The second-order valence-corrected chi connectivity index (χ2v) is 6.52. The maximum absolute atomic E-state index is 11.1. The number of allylic oxidation sites excluding steroid dienone is 2. The van der Waals surface area contributed by atoms with E-state index in [9.17, 15) is 10.1 Å². The standard InChI is InChI=1S/C20H17N3O3/c21-10-11-26-15-7-4-13(5-8-15)20-17-3-1-2-16(17)18-12-14(23(24)25)6-9-19(18)22-20/h1-2,4-9,12,16-17,20,22H,3,11H2/t16-,17+,20+/m1/s1. The number of rotatable bonds is 4. The average Bonchev–Trinajstić information content (AvgIpc) is 3.16. The number of hydrogen-bond acceptors (Lipinski definition) is 5. The van der Waals surface area contributed by atoms with Crippen LogP contribution in [0.25, 0.3) is 0 Å². The van der Waals surface area contributed by atoms with Crippen LogP contribution in [0.3, 0.4) is 0 Å². The molecule has 3 atom stereocenters. The summed E-state index contributed by atoms with van der Waals surface area (Å²) in [5.74, 6) is 1.16. The summed E-state index contributed by atoms with van der Waals surface area (Å²) in [5.41, 5.74) is 3.19. The fraction of sp³-hybridized carbons (Fsp3) is 0.250. The molecule has 130 valence electrons. The van der Waals surface area contributed by atoms with Gasteiger partial charge >= 0.3 is 0 Å². The van der Waals surface area contributed by atoms with Crippen molar-refractivity contribution in [3.05, 3.63) is 75.9 Å². The fourth-order valence-corrected chi connectivity index (χ4v) is 3.91. The van der Waals surface area contributed by atoms with Crippen molar-refractivity contribution in [1.82, 2.24) is 0 Å². The van der Waals surface area contributed by atoms with Crippen molar-refractivity contribution in [2.45, 2.75) is 18.4 Å². The number of hydrogen-bond donors (Lipinski definition) is 1. The van der Waals surface area contributed by atoms with E-state index in [1.54, 1.807) is 18.2 Å². The monoisotopic (exact) mass is 347 g/mol. The third-order valence-electron chi connectivity index (χ3n) is 5.10. The second-order valence-electron chi connectivity index (χ2n) is 6.52. The zero-order valence-electron chi connectivity index (χ0n) is 14.0. The lowest BCUT2D eigenvalue weighted by Crippen LogP contribution is -2.29. The lowest BCUT2D eigenvalue weighted by molar-refractivity contribution is -0.384. The molecule has 0 bridgehead atoms. The molecule has 0 radical (unpaired) electrons. The SMILES string of the molecule is N#CCOc1ccc([C@@H]2Nc3ccc([N+](=O)[O-])cc3[C@@H]3C=CC[C@@H]32)cc1. The molecule has 1 aliphatic carbocycles. The Balaban J connectivity index is 1.65. The number of fused-ring (bicyclic) bond motifs is 3. The van der Waals surface area contributed by atoms with E-state index in [0.29, 0.717) is 11.7 Å². The first-order valence-electron chi connectivity index (χ1n) is 8.48. The highest BCUT2D eigenvalue weighted by Gasteiger charge is 2.38. The summed E-state index contributed by atoms with van der Waals surface area (Å²) in [6.07, 6.45) is 5.24. The van der Waals surface area contributed by atoms with Crippen molar-refractivity contribution < 1.29 is 9.66 Å². The quantitative estimate of drug-likeness (QED) is 0.505. The van der Waals surface area contributed by atoms with Crippen LogP contribution in [0.5, 0.6) is 5.75 Å². The summed E-state index contributed by atoms with van der Waals surface area (Å²) in [5, 5.41) is 23.3. The number of benzene rings is 2. The maximum Gasteiger partial charge on any atom is 0.269 e. The van der Waals surface area contributed by atoms with Crippen LogP contribution in [-0.2, 0) is 0 Å². The van der Waals surface area contributed by atoms with Crippen molar-refractivity contribution in [3.63, 3.8) is 0 Å². The van der Waals surface area contributed by atoms with Crippen molar-refractivity contribution >= 4 is 11.4 Å². The average molecular weight is 347 g/mol. The van der Waals surface area contributed by atoms with Gasteiger partial charge in [0.15, 0.2) is 6.61 Å². The molecule has 0 spiro atoms. The lowest BCUT2D eigenvalue weighted by Gasteiger charge is -2.37. The highest BCUT2D eigenvalue weighted by molar-refractivity contribution is 5.63. The maximum atomic E-state index is 11.1. The van der Waals surface area contributed by atoms with E-state index in [1.165, 1.54) is 0 Å². The van der Waals surface area contributed by atoms with Crippen LogP contribution in [0, 0.1) is 27.4 Å². The molecule has 6 heteroatoms. The first-order valence-corrected chi connectivity index (χ1v) is 8.48. The number of nitrogens with zero attached hydrogens (tertiary/aromatic N) is 2. The molecule has 2 aromatic carbocycles. The highest BCUT2D eigenvalue weighted by atomic mass is 16.6. The molecule has 1 N–H and O–H groups in total. The van der Waals surface area contributed by atoms with E-state index >= 15 is 0 Å². The number of non-ortho nitro benzene ring substituents is 1. The van der Waals surface area contributed by atoms with Gasteiger partial charge in [-0.2, -0.15) is 5.26 Å². The Bertz CT molecular complexity index is 915.